The normalized spacial score (nSPS) is 11.0. The number of rotatable bonds is 6. The molecule has 0 atom stereocenters. The van der Waals surface area contributed by atoms with Gasteiger partial charge in [0.2, 0.25) is 0 Å². The number of aromatic amines is 2. The van der Waals surface area contributed by atoms with Gasteiger partial charge in [-0.25, -0.2) is 9.97 Å². The average molecular weight is 315 g/mol. The van der Waals surface area contributed by atoms with Crippen LogP contribution in [0.3, 0.4) is 0 Å². The lowest BCUT2D eigenvalue weighted by atomic mass is 10.1. The number of nitrogens with zero attached hydrogens (tertiary/aromatic N) is 3. The monoisotopic (exact) mass is 315 g/mol. The average Bonchev–Trinajstić information content (AvgIpc) is 3.22. The van der Waals surface area contributed by atoms with Crippen LogP contribution in [0, 0.1) is 0 Å². The minimum atomic E-state index is 0. The molecule has 0 saturated carbocycles. The maximum absolute atomic E-state index is 12.6. The van der Waals surface area contributed by atoms with Crippen molar-refractivity contribution in [3.63, 3.8) is 0 Å². The van der Waals surface area contributed by atoms with Crippen molar-refractivity contribution >= 4 is 16.9 Å². The van der Waals surface area contributed by atoms with E-state index < -0.39 is 0 Å². The molecule has 1 amide bonds. The molecule has 0 radical (unpaired) electrons. The third kappa shape index (κ3) is 2.97. The van der Waals surface area contributed by atoms with Crippen LogP contribution in [0.1, 0.15) is 40.0 Å². The zero-order valence-electron chi connectivity index (χ0n) is 13.5. The summed E-state index contributed by atoms with van der Waals surface area (Å²) < 4.78 is 0. The minimum Gasteiger partial charge on any atom is -0.357 e. The summed E-state index contributed by atoms with van der Waals surface area (Å²) in [5.74, 6) is 0.0410. The second-order valence-electron chi connectivity index (χ2n) is 5.56. The molecule has 0 spiro atoms. The molecule has 2 N–H and O–H groups in total. The highest BCUT2D eigenvalue weighted by molar-refractivity contribution is 5.96. The van der Waals surface area contributed by atoms with Crippen molar-refractivity contribution < 1.29 is 7.65 Å². The fourth-order valence-corrected chi connectivity index (χ4v) is 2.78. The Morgan fingerprint density at radius 2 is 2.00 bits per heavy atom. The van der Waals surface area contributed by atoms with Crippen molar-refractivity contribution in [3.05, 3.63) is 36.5 Å². The molecule has 0 aliphatic heterocycles. The Morgan fingerprint density at radius 1 is 1.22 bits per heavy atom. The second-order valence-corrected chi connectivity index (χ2v) is 5.56. The van der Waals surface area contributed by atoms with Gasteiger partial charge >= 0.3 is 0 Å². The Kier molecular flexibility index (Phi) is 4.41. The van der Waals surface area contributed by atoms with E-state index in [9.17, 15) is 4.79 Å². The number of carbonyl (C=O) groups is 1. The van der Waals surface area contributed by atoms with Gasteiger partial charge in [0, 0.05) is 39.3 Å². The number of fused-ring (bicyclic) bond motifs is 1. The van der Waals surface area contributed by atoms with Gasteiger partial charge in [0.1, 0.15) is 17.7 Å². The summed E-state index contributed by atoms with van der Waals surface area (Å²) in [5.41, 5.74) is 3.12. The van der Waals surface area contributed by atoms with Crippen LogP contribution in [0.15, 0.2) is 30.9 Å². The molecule has 6 nitrogen and oxygen atoms in total. The van der Waals surface area contributed by atoms with Crippen molar-refractivity contribution in [3.8, 4) is 11.3 Å². The molecule has 0 saturated heterocycles. The van der Waals surface area contributed by atoms with E-state index in [1.54, 1.807) is 0 Å². The van der Waals surface area contributed by atoms with Gasteiger partial charge in [-0.2, -0.15) is 0 Å². The predicted octanol–water partition coefficient (Wildman–Crippen LogP) is 3.71. The van der Waals surface area contributed by atoms with E-state index in [0.29, 0.717) is 5.69 Å². The first kappa shape index (κ1) is 15.3. The number of hydrogen-bond donors (Lipinski definition) is 2. The Labute approximate surface area is 137 Å². The summed E-state index contributed by atoms with van der Waals surface area (Å²) in [6, 6.07) is 3.81. The lowest BCUT2D eigenvalue weighted by Crippen LogP contribution is -2.32. The standard InChI is InChI=1S/C17H21N5O.2H2/c1-3-7-22(8-4-2)17(23)14-9-12(10-19-14)15-13-5-6-18-16(13)21-11-20-15;;/h5-6,9-11,19H,3-4,7-8H2,1-2H3,(H,18,20,21);2*1H. The Hall–Kier alpha value is -2.63. The molecule has 0 bridgehead atoms. The van der Waals surface area contributed by atoms with Gasteiger partial charge in [-0.1, -0.05) is 13.8 Å². The van der Waals surface area contributed by atoms with E-state index in [4.69, 9.17) is 0 Å². The molecule has 3 rings (SSSR count). The third-order valence-corrected chi connectivity index (χ3v) is 3.82. The molecule has 6 heteroatoms. The molecule has 0 aromatic carbocycles. The van der Waals surface area contributed by atoms with Crippen LogP contribution < -0.4 is 0 Å². The van der Waals surface area contributed by atoms with Gasteiger partial charge < -0.3 is 14.9 Å². The maximum Gasteiger partial charge on any atom is 0.270 e. The summed E-state index contributed by atoms with van der Waals surface area (Å²) in [7, 11) is 0. The lowest BCUT2D eigenvalue weighted by Gasteiger charge is -2.20. The predicted molar refractivity (Wildman–Crippen MR) is 94.4 cm³/mol. The van der Waals surface area contributed by atoms with Crippen LogP contribution in [-0.4, -0.2) is 43.8 Å². The fourth-order valence-electron chi connectivity index (χ4n) is 2.78. The van der Waals surface area contributed by atoms with Crippen molar-refractivity contribution in [1.29, 1.82) is 0 Å². The quantitative estimate of drug-likeness (QED) is 0.728. The minimum absolute atomic E-state index is 0. The molecular weight excluding hydrogens is 290 g/mol. The van der Waals surface area contributed by atoms with Gasteiger partial charge in [-0.15, -0.1) is 0 Å². The first-order chi connectivity index (χ1) is 11.2. The Balaban J connectivity index is 0.00000156. The van der Waals surface area contributed by atoms with Gasteiger partial charge in [0.05, 0.1) is 5.69 Å². The Morgan fingerprint density at radius 3 is 2.74 bits per heavy atom. The van der Waals surface area contributed by atoms with Crippen molar-refractivity contribution in [1.82, 2.24) is 24.8 Å². The third-order valence-electron chi connectivity index (χ3n) is 3.82. The molecule has 0 unspecified atom stereocenters. The summed E-state index contributed by atoms with van der Waals surface area (Å²) in [6.07, 6.45) is 7.11. The number of carbonyl (C=O) groups excluding carboxylic acids is 1. The molecule has 0 aliphatic rings. The fraction of sp³-hybridized carbons (Fsp3) is 0.353. The summed E-state index contributed by atoms with van der Waals surface area (Å²) in [5, 5.41) is 0.949. The van der Waals surface area contributed by atoms with Crippen molar-refractivity contribution in [2.24, 2.45) is 0 Å². The molecule has 3 aromatic rings. The second kappa shape index (κ2) is 6.64. The van der Waals surface area contributed by atoms with E-state index in [2.05, 4.69) is 33.8 Å². The molecule has 0 aliphatic carbocycles. The van der Waals surface area contributed by atoms with Crippen LogP contribution in [-0.2, 0) is 0 Å². The number of hydrogen-bond acceptors (Lipinski definition) is 3. The molecule has 0 fully saturated rings. The summed E-state index contributed by atoms with van der Waals surface area (Å²) in [4.78, 5) is 29.3. The topological polar surface area (TPSA) is 77.7 Å². The van der Waals surface area contributed by atoms with Crippen LogP contribution in [0.4, 0.5) is 0 Å². The van der Waals surface area contributed by atoms with Gasteiger partial charge in [-0.3, -0.25) is 4.79 Å². The lowest BCUT2D eigenvalue weighted by molar-refractivity contribution is 0.0750. The van der Waals surface area contributed by atoms with E-state index in [1.807, 2.05) is 29.4 Å². The maximum atomic E-state index is 12.6. The number of nitrogens with one attached hydrogen (secondary N) is 2. The smallest absolute Gasteiger partial charge is 0.270 e. The molecule has 23 heavy (non-hydrogen) atoms. The summed E-state index contributed by atoms with van der Waals surface area (Å²) in [6.45, 7) is 5.71. The van der Waals surface area contributed by atoms with Crippen molar-refractivity contribution in [2.45, 2.75) is 26.7 Å². The highest BCUT2D eigenvalue weighted by atomic mass is 16.2. The summed E-state index contributed by atoms with van der Waals surface area (Å²) >= 11 is 0. The molecule has 124 valence electrons. The van der Waals surface area contributed by atoms with Gasteiger partial charge in [-0.05, 0) is 25.0 Å². The highest BCUT2D eigenvalue weighted by Crippen LogP contribution is 2.25. The zero-order chi connectivity index (χ0) is 16.2. The molecule has 3 heterocycles. The Bertz CT molecular complexity index is 808. The van der Waals surface area contributed by atoms with Crippen LogP contribution in [0.25, 0.3) is 22.3 Å². The van der Waals surface area contributed by atoms with Gasteiger partial charge in [0.15, 0.2) is 0 Å². The number of aromatic nitrogens is 4. The SMILES string of the molecule is CCCN(CCC)C(=O)c1cc(-c2ncnc3[nH]ccc23)c[nH]1.[HH].[HH]. The van der Waals surface area contributed by atoms with Crippen molar-refractivity contribution in [2.75, 3.05) is 13.1 Å². The van der Waals surface area contributed by atoms with E-state index in [0.717, 1.165) is 48.2 Å². The van der Waals surface area contributed by atoms with E-state index in [1.165, 1.54) is 6.33 Å². The molecular formula is C17H25N5O. The van der Waals surface area contributed by atoms with Gasteiger partial charge in [0.25, 0.3) is 5.91 Å². The van der Waals surface area contributed by atoms with Crippen LogP contribution >= 0.6 is 0 Å². The molecule has 3 aromatic heterocycles. The highest BCUT2D eigenvalue weighted by Gasteiger charge is 2.17. The van der Waals surface area contributed by atoms with E-state index >= 15 is 0 Å². The first-order valence-electron chi connectivity index (χ1n) is 8.00. The zero-order valence-corrected chi connectivity index (χ0v) is 13.5. The largest absolute Gasteiger partial charge is 0.357 e. The van der Waals surface area contributed by atoms with Crippen LogP contribution in [0.2, 0.25) is 0 Å². The first-order valence-corrected chi connectivity index (χ1v) is 8.00. The number of H-pyrrole nitrogens is 2. The number of amides is 1. The van der Waals surface area contributed by atoms with E-state index in [-0.39, 0.29) is 8.76 Å². The van der Waals surface area contributed by atoms with Crippen LogP contribution in [0.5, 0.6) is 0 Å².